The summed E-state index contributed by atoms with van der Waals surface area (Å²) in [4.78, 5) is 26.0. The van der Waals surface area contributed by atoms with Gasteiger partial charge in [0.1, 0.15) is 0 Å². The topological polar surface area (TPSA) is 58.6 Å². The fraction of sp³-hybridized carbons (Fsp3) is 0.529. The number of rotatable bonds is 5. The molecule has 2 rings (SSSR count). The minimum Gasteiger partial charge on any atom is -0.466 e. The summed E-state index contributed by atoms with van der Waals surface area (Å²) in [5.41, 5.74) is 1.91. The first-order chi connectivity index (χ1) is 11.0. The van der Waals surface area contributed by atoms with Crippen molar-refractivity contribution < 1.29 is 14.3 Å². The Labute approximate surface area is 145 Å². The van der Waals surface area contributed by atoms with Gasteiger partial charge in [0.15, 0.2) is 0 Å². The molecule has 1 aliphatic heterocycles. The number of benzene rings is 1. The monoisotopic (exact) mass is 382 g/mol. The van der Waals surface area contributed by atoms with Gasteiger partial charge in [-0.1, -0.05) is 6.07 Å². The molecule has 0 atom stereocenters. The summed E-state index contributed by atoms with van der Waals surface area (Å²) >= 11 is 3.46. The average molecular weight is 383 g/mol. The van der Waals surface area contributed by atoms with Crippen molar-refractivity contribution in [3.8, 4) is 0 Å². The number of piperidine rings is 1. The van der Waals surface area contributed by atoms with Gasteiger partial charge in [-0.25, -0.2) is 0 Å². The van der Waals surface area contributed by atoms with E-state index >= 15 is 0 Å². The number of anilines is 1. The highest BCUT2D eigenvalue weighted by Crippen LogP contribution is 2.23. The van der Waals surface area contributed by atoms with Crippen molar-refractivity contribution >= 4 is 33.5 Å². The Hall–Kier alpha value is -1.40. The lowest BCUT2D eigenvalue weighted by Crippen LogP contribution is -2.41. The second-order valence-corrected chi connectivity index (χ2v) is 6.69. The number of halogens is 1. The maximum atomic E-state index is 12.2. The van der Waals surface area contributed by atoms with Crippen molar-refractivity contribution in [1.82, 2.24) is 4.90 Å². The van der Waals surface area contributed by atoms with Crippen molar-refractivity contribution in [1.29, 1.82) is 0 Å². The number of carbonyl (C=O) groups is 2. The zero-order chi connectivity index (χ0) is 16.8. The Morgan fingerprint density at radius 1 is 1.35 bits per heavy atom. The van der Waals surface area contributed by atoms with Gasteiger partial charge < -0.3 is 10.1 Å². The molecule has 0 saturated carbocycles. The van der Waals surface area contributed by atoms with E-state index in [1.807, 2.05) is 32.0 Å². The van der Waals surface area contributed by atoms with Gasteiger partial charge in [-0.2, -0.15) is 0 Å². The van der Waals surface area contributed by atoms with Gasteiger partial charge in [-0.3, -0.25) is 14.5 Å². The fourth-order valence-electron chi connectivity index (χ4n) is 2.70. The van der Waals surface area contributed by atoms with E-state index in [0.717, 1.165) is 41.7 Å². The Bertz CT molecular complexity index is 569. The third-order valence-corrected chi connectivity index (χ3v) is 4.63. The molecule has 0 bridgehead atoms. The van der Waals surface area contributed by atoms with Gasteiger partial charge in [0.25, 0.3) is 0 Å². The number of esters is 1. The van der Waals surface area contributed by atoms with Crippen LogP contribution in [0.2, 0.25) is 0 Å². The van der Waals surface area contributed by atoms with Crippen LogP contribution in [-0.4, -0.2) is 43.0 Å². The lowest BCUT2D eigenvalue weighted by atomic mass is 9.97. The number of hydrogen-bond donors (Lipinski definition) is 1. The molecule has 1 aromatic rings. The molecule has 126 valence electrons. The molecular weight excluding hydrogens is 360 g/mol. The molecule has 6 heteroatoms. The van der Waals surface area contributed by atoms with Crippen LogP contribution >= 0.6 is 15.9 Å². The maximum Gasteiger partial charge on any atom is 0.309 e. The Morgan fingerprint density at radius 2 is 2.04 bits per heavy atom. The molecule has 1 heterocycles. The van der Waals surface area contributed by atoms with Gasteiger partial charge in [-0.15, -0.1) is 0 Å². The van der Waals surface area contributed by atoms with Crippen LogP contribution in [0.1, 0.15) is 25.3 Å². The smallest absolute Gasteiger partial charge is 0.309 e. The zero-order valence-electron chi connectivity index (χ0n) is 13.6. The second-order valence-electron chi connectivity index (χ2n) is 5.83. The second kappa shape index (κ2) is 8.45. The summed E-state index contributed by atoms with van der Waals surface area (Å²) in [5, 5.41) is 2.92. The van der Waals surface area contributed by atoms with E-state index < -0.39 is 0 Å². The van der Waals surface area contributed by atoms with E-state index in [-0.39, 0.29) is 17.8 Å². The van der Waals surface area contributed by atoms with Crippen LogP contribution in [0.4, 0.5) is 5.69 Å². The molecule has 1 saturated heterocycles. The van der Waals surface area contributed by atoms with Gasteiger partial charge in [0.2, 0.25) is 5.91 Å². The van der Waals surface area contributed by atoms with E-state index in [1.165, 1.54) is 0 Å². The highest BCUT2D eigenvalue weighted by atomic mass is 79.9. The van der Waals surface area contributed by atoms with E-state index in [4.69, 9.17) is 4.74 Å². The van der Waals surface area contributed by atoms with E-state index in [1.54, 1.807) is 0 Å². The molecule has 0 aliphatic carbocycles. The summed E-state index contributed by atoms with van der Waals surface area (Å²) in [6.45, 7) is 6.07. The molecule has 1 aliphatic rings. The van der Waals surface area contributed by atoms with Crippen molar-refractivity contribution in [2.45, 2.75) is 26.7 Å². The van der Waals surface area contributed by atoms with Crippen molar-refractivity contribution in [2.24, 2.45) is 5.92 Å². The number of amides is 1. The standard InChI is InChI=1S/C17H23BrN2O3/c1-3-23-17(22)13-6-8-20(9-7-13)11-16(21)19-15-5-4-12(2)10-14(15)18/h4-5,10,13H,3,6-9,11H2,1-2H3,(H,19,21). The molecular formula is C17H23BrN2O3. The molecule has 0 spiro atoms. The number of likely N-dealkylation sites (tertiary alicyclic amines) is 1. The summed E-state index contributed by atoms with van der Waals surface area (Å²) < 4.78 is 5.94. The summed E-state index contributed by atoms with van der Waals surface area (Å²) in [7, 11) is 0. The molecule has 0 aromatic heterocycles. The Kier molecular flexibility index (Phi) is 6.59. The molecule has 23 heavy (non-hydrogen) atoms. The van der Waals surface area contributed by atoms with Crippen LogP contribution in [0.25, 0.3) is 0 Å². The largest absolute Gasteiger partial charge is 0.466 e. The maximum absolute atomic E-state index is 12.2. The number of hydrogen-bond acceptors (Lipinski definition) is 4. The van der Waals surface area contributed by atoms with Gasteiger partial charge in [0, 0.05) is 4.47 Å². The third kappa shape index (κ3) is 5.32. The Morgan fingerprint density at radius 3 is 2.65 bits per heavy atom. The average Bonchev–Trinajstić information content (AvgIpc) is 2.51. The quantitative estimate of drug-likeness (QED) is 0.795. The number of carbonyl (C=O) groups excluding carboxylic acids is 2. The van der Waals surface area contributed by atoms with Crippen LogP contribution in [0.3, 0.4) is 0 Å². The first-order valence-electron chi connectivity index (χ1n) is 7.94. The number of aryl methyl sites for hydroxylation is 1. The predicted octanol–water partition coefficient (Wildman–Crippen LogP) is 2.97. The van der Waals surface area contributed by atoms with Crippen molar-refractivity contribution in [2.75, 3.05) is 31.6 Å². The summed E-state index contributed by atoms with van der Waals surface area (Å²) in [6, 6.07) is 5.83. The summed E-state index contributed by atoms with van der Waals surface area (Å²) in [6.07, 6.45) is 1.50. The normalized spacial score (nSPS) is 16.1. The van der Waals surface area contributed by atoms with Crippen LogP contribution in [0.15, 0.2) is 22.7 Å². The number of nitrogens with one attached hydrogen (secondary N) is 1. The minimum atomic E-state index is -0.111. The molecule has 1 amide bonds. The number of nitrogens with zero attached hydrogens (tertiary/aromatic N) is 1. The highest BCUT2D eigenvalue weighted by molar-refractivity contribution is 9.10. The van der Waals surface area contributed by atoms with E-state index in [2.05, 4.69) is 26.1 Å². The highest BCUT2D eigenvalue weighted by Gasteiger charge is 2.26. The molecule has 0 radical (unpaired) electrons. The van der Waals surface area contributed by atoms with E-state index in [0.29, 0.717) is 13.2 Å². The van der Waals surface area contributed by atoms with Gasteiger partial charge >= 0.3 is 5.97 Å². The van der Waals surface area contributed by atoms with E-state index in [9.17, 15) is 9.59 Å². The first-order valence-corrected chi connectivity index (χ1v) is 8.74. The molecule has 1 aromatic carbocycles. The molecule has 5 nitrogen and oxygen atoms in total. The minimum absolute atomic E-state index is 0.0273. The van der Waals surface area contributed by atoms with Crippen LogP contribution in [-0.2, 0) is 14.3 Å². The van der Waals surface area contributed by atoms with Crippen molar-refractivity contribution in [3.63, 3.8) is 0 Å². The number of ether oxygens (including phenoxy) is 1. The third-order valence-electron chi connectivity index (χ3n) is 3.97. The van der Waals surface area contributed by atoms with Crippen LogP contribution < -0.4 is 5.32 Å². The van der Waals surface area contributed by atoms with Crippen molar-refractivity contribution in [3.05, 3.63) is 28.2 Å². The Balaban J connectivity index is 1.79. The van der Waals surface area contributed by atoms with Gasteiger partial charge in [0.05, 0.1) is 24.8 Å². The molecule has 1 fully saturated rings. The molecule has 0 unspecified atom stereocenters. The fourth-order valence-corrected chi connectivity index (χ4v) is 3.29. The van der Waals surface area contributed by atoms with Crippen LogP contribution in [0, 0.1) is 12.8 Å². The lowest BCUT2D eigenvalue weighted by Gasteiger charge is -2.30. The van der Waals surface area contributed by atoms with Crippen LogP contribution in [0.5, 0.6) is 0 Å². The summed E-state index contributed by atoms with van der Waals surface area (Å²) in [5.74, 6) is -0.176. The lowest BCUT2D eigenvalue weighted by molar-refractivity contribution is -0.149. The zero-order valence-corrected chi connectivity index (χ0v) is 15.2. The van der Waals surface area contributed by atoms with Gasteiger partial charge in [-0.05, 0) is 73.4 Å². The molecule has 1 N–H and O–H groups in total. The predicted molar refractivity (Wildman–Crippen MR) is 93.3 cm³/mol. The SMILES string of the molecule is CCOC(=O)C1CCN(CC(=O)Nc2ccc(C)cc2Br)CC1. The first kappa shape index (κ1) is 17.9.